The first-order valence-electron chi connectivity index (χ1n) is 7.63. The Hall–Kier alpha value is -0.120. The predicted molar refractivity (Wildman–Crippen MR) is 75.6 cm³/mol. The van der Waals surface area contributed by atoms with Gasteiger partial charge in [-0.1, -0.05) is 19.8 Å². The van der Waals surface area contributed by atoms with Crippen molar-refractivity contribution >= 4 is 0 Å². The van der Waals surface area contributed by atoms with Gasteiger partial charge < -0.3 is 15.4 Å². The molecule has 18 heavy (non-hydrogen) atoms. The molecule has 2 N–H and O–H groups in total. The number of rotatable bonds is 4. The molecular weight excluding hydrogens is 224 g/mol. The fourth-order valence-corrected chi connectivity index (χ4v) is 3.95. The number of hydrogen-bond donors (Lipinski definition) is 1. The van der Waals surface area contributed by atoms with Gasteiger partial charge in [-0.25, -0.2) is 0 Å². The molecule has 0 bridgehead atoms. The molecule has 0 aromatic rings. The van der Waals surface area contributed by atoms with Crippen molar-refractivity contribution in [1.82, 2.24) is 4.90 Å². The highest BCUT2D eigenvalue weighted by Crippen LogP contribution is 2.39. The van der Waals surface area contributed by atoms with E-state index in [1.54, 1.807) is 0 Å². The van der Waals surface area contributed by atoms with Crippen LogP contribution < -0.4 is 5.73 Å². The summed E-state index contributed by atoms with van der Waals surface area (Å²) < 4.78 is 5.46. The van der Waals surface area contributed by atoms with Crippen LogP contribution in [0.1, 0.15) is 45.4 Å². The molecule has 1 aliphatic carbocycles. The maximum Gasteiger partial charge on any atom is 0.0480 e. The van der Waals surface area contributed by atoms with E-state index in [-0.39, 0.29) is 0 Å². The summed E-state index contributed by atoms with van der Waals surface area (Å²) in [5, 5.41) is 0. The van der Waals surface area contributed by atoms with Gasteiger partial charge in [0.1, 0.15) is 0 Å². The normalized spacial score (nSPS) is 35.0. The minimum atomic E-state index is 0.380. The molecule has 106 valence electrons. The summed E-state index contributed by atoms with van der Waals surface area (Å²) in [6.45, 7) is 6.28. The van der Waals surface area contributed by atoms with Crippen molar-refractivity contribution in [1.29, 1.82) is 0 Å². The van der Waals surface area contributed by atoms with E-state index < -0.39 is 0 Å². The second-order valence-electron chi connectivity index (χ2n) is 6.66. The number of nitrogens with two attached hydrogens (primary N) is 1. The van der Waals surface area contributed by atoms with E-state index in [4.69, 9.17) is 10.5 Å². The van der Waals surface area contributed by atoms with E-state index in [0.29, 0.717) is 11.5 Å². The molecule has 2 rings (SSSR count). The van der Waals surface area contributed by atoms with Crippen molar-refractivity contribution in [2.45, 2.75) is 51.5 Å². The van der Waals surface area contributed by atoms with Crippen LogP contribution in [0.2, 0.25) is 0 Å². The van der Waals surface area contributed by atoms with E-state index >= 15 is 0 Å². The molecule has 1 aliphatic heterocycles. The van der Waals surface area contributed by atoms with Crippen molar-refractivity contribution in [2.24, 2.45) is 17.1 Å². The molecule has 3 heteroatoms. The monoisotopic (exact) mass is 254 g/mol. The lowest BCUT2D eigenvalue weighted by Gasteiger charge is -2.44. The number of ether oxygens (including phenoxy) is 1. The van der Waals surface area contributed by atoms with Gasteiger partial charge in [-0.15, -0.1) is 0 Å². The first-order chi connectivity index (χ1) is 8.65. The topological polar surface area (TPSA) is 38.5 Å². The molecule has 1 saturated heterocycles. The van der Waals surface area contributed by atoms with Crippen LogP contribution >= 0.6 is 0 Å². The molecule has 2 unspecified atom stereocenters. The Bertz CT molecular complexity index is 253. The second kappa shape index (κ2) is 6.36. The SMILES string of the molecule is CC1CCCC(CN)(CN(C)C2CCOCC2)C1. The number of nitrogens with zero attached hydrogens (tertiary/aromatic N) is 1. The van der Waals surface area contributed by atoms with Gasteiger partial charge in [-0.05, 0) is 50.6 Å². The van der Waals surface area contributed by atoms with Gasteiger partial charge in [0.2, 0.25) is 0 Å². The average Bonchev–Trinajstić information content (AvgIpc) is 2.39. The molecule has 1 saturated carbocycles. The van der Waals surface area contributed by atoms with Crippen LogP contribution in [0, 0.1) is 11.3 Å². The third kappa shape index (κ3) is 3.46. The lowest BCUT2D eigenvalue weighted by Crippen LogP contribution is -2.48. The molecule has 2 aliphatic rings. The first kappa shape index (κ1) is 14.3. The van der Waals surface area contributed by atoms with Gasteiger partial charge in [-0.2, -0.15) is 0 Å². The van der Waals surface area contributed by atoms with Crippen molar-refractivity contribution in [2.75, 3.05) is 33.4 Å². The first-order valence-corrected chi connectivity index (χ1v) is 7.63. The fourth-order valence-electron chi connectivity index (χ4n) is 3.95. The largest absolute Gasteiger partial charge is 0.381 e. The van der Waals surface area contributed by atoms with Crippen molar-refractivity contribution in [3.05, 3.63) is 0 Å². The highest BCUT2D eigenvalue weighted by molar-refractivity contribution is 4.90. The lowest BCUT2D eigenvalue weighted by atomic mass is 9.69. The predicted octanol–water partition coefficient (Wildman–Crippen LogP) is 2.25. The molecule has 2 fully saturated rings. The summed E-state index contributed by atoms with van der Waals surface area (Å²) in [4.78, 5) is 2.56. The van der Waals surface area contributed by atoms with Gasteiger partial charge in [0.25, 0.3) is 0 Å². The zero-order valence-corrected chi connectivity index (χ0v) is 12.2. The van der Waals surface area contributed by atoms with Crippen molar-refractivity contribution in [3.8, 4) is 0 Å². The van der Waals surface area contributed by atoms with Crippen molar-refractivity contribution in [3.63, 3.8) is 0 Å². The second-order valence-corrected chi connectivity index (χ2v) is 6.66. The smallest absolute Gasteiger partial charge is 0.0480 e. The molecule has 0 radical (unpaired) electrons. The average molecular weight is 254 g/mol. The Kier molecular flexibility index (Phi) is 5.05. The van der Waals surface area contributed by atoms with E-state index in [1.807, 2.05) is 0 Å². The van der Waals surface area contributed by atoms with Crippen molar-refractivity contribution < 1.29 is 4.74 Å². The molecule has 1 heterocycles. The summed E-state index contributed by atoms with van der Waals surface area (Å²) in [5.74, 6) is 0.852. The Morgan fingerprint density at radius 2 is 2.00 bits per heavy atom. The van der Waals surface area contributed by atoms with Gasteiger partial charge in [-0.3, -0.25) is 0 Å². The standard InChI is InChI=1S/C15H30N2O/c1-13-4-3-7-15(10-13,11-16)12-17(2)14-5-8-18-9-6-14/h13-14H,3-12,16H2,1-2H3. The van der Waals surface area contributed by atoms with E-state index in [0.717, 1.165) is 25.7 Å². The maximum absolute atomic E-state index is 6.13. The summed E-state index contributed by atoms with van der Waals surface area (Å²) >= 11 is 0. The van der Waals surface area contributed by atoms with Crippen LogP contribution in [0.15, 0.2) is 0 Å². The van der Waals surface area contributed by atoms with Gasteiger partial charge in [0.15, 0.2) is 0 Å². The summed E-state index contributed by atoms with van der Waals surface area (Å²) in [5.41, 5.74) is 6.51. The summed E-state index contributed by atoms with van der Waals surface area (Å²) in [7, 11) is 2.28. The summed E-state index contributed by atoms with van der Waals surface area (Å²) in [6.07, 6.45) is 7.76. The zero-order valence-electron chi connectivity index (χ0n) is 12.2. The van der Waals surface area contributed by atoms with Crippen LogP contribution in [0.4, 0.5) is 0 Å². The molecular formula is C15H30N2O. The Labute approximate surface area is 112 Å². The zero-order chi connectivity index (χ0) is 13.0. The molecule has 0 spiro atoms. The highest BCUT2D eigenvalue weighted by Gasteiger charge is 2.36. The molecule has 3 nitrogen and oxygen atoms in total. The van der Waals surface area contributed by atoms with Crippen LogP contribution in [-0.4, -0.2) is 44.3 Å². The van der Waals surface area contributed by atoms with Gasteiger partial charge >= 0.3 is 0 Å². The van der Waals surface area contributed by atoms with Crippen LogP contribution in [0.25, 0.3) is 0 Å². The van der Waals surface area contributed by atoms with Gasteiger partial charge in [0, 0.05) is 25.8 Å². The third-order valence-corrected chi connectivity index (χ3v) is 5.02. The maximum atomic E-state index is 6.13. The Morgan fingerprint density at radius 3 is 2.61 bits per heavy atom. The Balaban J connectivity index is 1.91. The lowest BCUT2D eigenvalue weighted by molar-refractivity contribution is 0.0167. The quantitative estimate of drug-likeness (QED) is 0.836. The van der Waals surface area contributed by atoms with Crippen LogP contribution in [0.3, 0.4) is 0 Å². The molecule has 2 atom stereocenters. The van der Waals surface area contributed by atoms with E-state index in [9.17, 15) is 0 Å². The molecule has 0 amide bonds. The molecule has 0 aromatic heterocycles. The third-order valence-electron chi connectivity index (χ3n) is 5.02. The Morgan fingerprint density at radius 1 is 1.28 bits per heavy atom. The fraction of sp³-hybridized carbons (Fsp3) is 1.00. The van der Waals surface area contributed by atoms with Crippen LogP contribution in [0.5, 0.6) is 0 Å². The summed E-state index contributed by atoms with van der Waals surface area (Å²) in [6, 6.07) is 0.708. The van der Waals surface area contributed by atoms with E-state index in [1.165, 1.54) is 45.1 Å². The number of hydrogen-bond acceptors (Lipinski definition) is 3. The minimum Gasteiger partial charge on any atom is -0.381 e. The van der Waals surface area contributed by atoms with Gasteiger partial charge in [0.05, 0.1) is 0 Å². The molecule has 0 aromatic carbocycles. The van der Waals surface area contributed by atoms with Crippen LogP contribution in [-0.2, 0) is 4.74 Å². The minimum absolute atomic E-state index is 0.380. The highest BCUT2D eigenvalue weighted by atomic mass is 16.5. The van der Waals surface area contributed by atoms with E-state index in [2.05, 4.69) is 18.9 Å².